The topological polar surface area (TPSA) is 177 Å². The van der Waals surface area contributed by atoms with Crippen LogP contribution in [0.15, 0.2) is 103 Å². The van der Waals surface area contributed by atoms with E-state index in [0.29, 0.717) is 33.8 Å². The molecule has 0 unspecified atom stereocenters. The SMILES string of the molecule is Cc1nc(C)c(-c2ccc3nc(NC(=O)C(Cc4ccccc4)(Cc4ccccc4)OP(=O)(O)O)cn3n2)cc1C(=O)NCc1cc(OC(F)(F)F)ccc1F. The van der Waals surface area contributed by atoms with Gasteiger partial charge < -0.3 is 25.2 Å². The van der Waals surface area contributed by atoms with Gasteiger partial charge in [0, 0.05) is 36.2 Å². The van der Waals surface area contributed by atoms with Crippen LogP contribution in [0, 0.1) is 19.7 Å². The van der Waals surface area contributed by atoms with Crippen molar-refractivity contribution in [3.63, 3.8) is 0 Å². The van der Waals surface area contributed by atoms with Crippen LogP contribution in [-0.2, 0) is 33.3 Å². The highest BCUT2D eigenvalue weighted by molar-refractivity contribution is 7.46. The first kappa shape index (κ1) is 39.7. The molecule has 56 heavy (non-hydrogen) atoms. The Morgan fingerprint density at radius 3 is 2.11 bits per heavy atom. The van der Waals surface area contributed by atoms with E-state index in [4.69, 9.17) is 4.52 Å². The molecule has 0 aliphatic heterocycles. The Hall–Kier alpha value is -6.00. The number of alkyl halides is 3. The molecular formula is C38H33F4N6O7P. The Labute approximate surface area is 316 Å². The first-order valence-corrected chi connectivity index (χ1v) is 18.3. The number of fused-ring (bicyclic) bond motifs is 1. The Bertz CT molecular complexity index is 2400. The first-order chi connectivity index (χ1) is 26.5. The summed E-state index contributed by atoms with van der Waals surface area (Å²) in [6.07, 6.45) is -3.99. The van der Waals surface area contributed by atoms with E-state index in [9.17, 15) is 41.5 Å². The largest absolute Gasteiger partial charge is 0.573 e. The Morgan fingerprint density at radius 1 is 0.857 bits per heavy atom. The molecule has 0 saturated heterocycles. The average Bonchev–Trinajstić information content (AvgIpc) is 3.53. The molecule has 0 bridgehead atoms. The lowest BCUT2D eigenvalue weighted by Crippen LogP contribution is -2.48. The molecule has 0 fully saturated rings. The molecule has 3 heterocycles. The third-order valence-electron chi connectivity index (χ3n) is 8.55. The zero-order chi connectivity index (χ0) is 40.3. The summed E-state index contributed by atoms with van der Waals surface area (Å²) in [6, 6.07) is 24.4. The Morgan fingerprint density at radius 2 is 1.50 bits per heavy atom. The van der Waals surface area contributed by atoms with Crippen LogP contribution in [-0.4, -0.2) is 53.1 Å². The molecule has 0 aliphatic rings. The molecule has 0 atom stereocenters. The maximum absolute atomic E-state index is 14.4. The van der Waals surface area contributed by atoms with Gasteiger partial charge in [-0.25, -0.2) is 18.5 Å². The molecule has 2 amide bonds. The summed E-state index contributed by atoms with van der Waals surface area (Å²) in [6.45, 7) is 2.82. The van der Waals surface area contributed by atoms with Gasteiger partial charge >= 0.3 is 14.2 Å². The molecule has 290 valence electrons. The highest BCUT2D eigenvalue weighted by atomic mass is 31.2. The fourth-order valence-corrected chi connectivity index (χ4v) is 6.76. The minimum absolute atomic E-state index is 0.00443. The van der Waals surface area contributed by atoms with E-state index in [1.54, 1.807) is 86.6 Å². The van der Waals surface area contributed by atoms with Crippen molar-refractivity contribution in [1.29, 1.82) is 0 Å². The van der Waals surface area contributed by atoms with Gasteiger partial charge in [-0.3, -0.25) is 19.1 Å². The number of aromatic nitrogens is 4. The fraction of sp³-hybridized carbons (Fsp3) is 0.184. The van der Waals surface area contributed by atoms with Gasteiger partial charge in [0.15, 0.2) is 17.1 Å². The lowest BCUT2D eigenvalue weighted by molar-refractivity contribution is -0.274. The summed E-state index contributed by atoms with van der Waals surface area (Å²) in [4.78, 5) is 56.3. The van der Waals surface area contributed by atoms with Crippen LogP contribution >= 0.6 is 7.82 Å². The molecule has 0 aliphatic carbocycles. The molecule has 3 aromatic carbocycles. The van der Waals surface area contributed by atoms with Crippen molar-refractivity contribution in [2.24, 2.45) is 0 Å². The van der Waals surface area contributed by atoms with E-state index in [1.807, 2.05) is 0 Å². The van der Waals surface area contributed by atoms with Crippen LogP contribution in [0.3, 0.4) is 0 Å². The number of hydrogen-bond donors (Lipinski definition) is 4. The van der Waals surface area contributed by atoms with Crippen LogP contribution in [0.2, 0.25) is 0 Å². The molecule has 6 aromatic rings. The quantitative estimate of drug-likeness (QED) is 0.0732. The smallest absolute Gasteiger partial charge is 0.406 e. The molecule has 3 aromatic heterocycles. The normalized spacial score (nSPS) is 12.1. The first-order valence-electron chi connectivity index (χ1n) is 16.8. The maximum atomic E-state index is 14.4. The predicted molar refractivity (Wildman–Crippen MR) is 195 cm³/mol. The summed E-state index contributed by atoms with van der Waals surface area (Å²) in [5.41, 5.74) is 0.792. The van der Waals surface area contributed by atoms with Crippen molar-refractivity contribution < 1.29 is 50.8 Å². The van der Waals surface area contributed by atoms with E-state index in [1.165, 1.54) is 16.8 Å². The number of benzene rings is 3. The third kappa shape index (κ3) is 9.80. The number of phosphoric ester groups is 1. The molecule has 0 spiro atoms. The Balaban J connectivity index is 1.26. The number of amides is 2. The second-order valence-electron chi connectivity index (χ2n) is 12.7. The number of phosphoric acid groups is 1. The zero-order valence-corrected chi connectivity index (χ0v) is 30.5. The number of hydrogen-bond acceptors (Lipinski definition) is 8. The molecular weight excluding hydrogens is 759 g/mol. The predicted octanol–water partition coefficient (Wildman–Crippen LogP) is 6.65. The summed E-state index contributed by atoms with van der Waals surface area (Å²) >= 11 is 0. The van der Waals surface area contributed by atoms with Crippen LogP contribution in [0.4, 0.5) is 23.4 Å². The summed E-state index contributed by atoms with van der Waals surface area (Å²) in [5, 5.41) is 9.74. The van der Waals surface area contributed by atoms with Gasteiger partial charge in [-0.15, -0.1) is 13.2 Å². The number of carbonyl (C=O) groups is 2. The van der Waals surface area contributed by atoms with Gasteiger partial charge in [-0.05, 0) is 61.4 Å². The number of halogens is 4. The average molecular weight is 793 g/mol. The number of pyridine rings is 1. The van der Waals surface area contributed by atoms with Crippen molar-refractivity contribution >= 4 is 31.1 Å². The second-order valence-corrected chi connectivity index (χ2v) is 13.9. The number of imidazole rings is 1. The maximum Gasteiger partial charge on any atom is 0.573 e. The van der Waals surface area contributed by atoms with Crippen molar-refractivity contribution in [1.82, 2.24) is 24.9 Å². The van der Waals surface area contributed by atoms with Crippen molar-refractivity contribution in [2.45, 2.75) is 45.2 Å². The number of nitrogens with one attached hydrogen (secondary N) is 2. The van der Waals surface area contributed by atoms with Crippen LogP contribution in [0.5, 0.6) is 5.75 Å². The van der Waals surface area contributed by atoms with Gasteiger partial charge in [-0.1, -0.05) is 60.7 Å². The second kappa shape index (κ2) is 16.0. The number of nitrogens with zero attached hydrogens (tertiary/aromatic N) is 4. The lowest BCUT2D eigenvalue weighted by Gasteiger charge is -2.32. The van der Waals surface area contributed by atoms with Gasteiger partial charge in [0.2, 0.25) is 0 Å². The van der Waals surface area contributed by atoms with E-state index < -0.39 is 49.7 Å². The summed E-state index contributed by atoms with van der Waals surface area (Å²) in [5.74, 6) is -3.05. The van der Waals surface area contributed by atoms with E-state index in [-0.39, 0.29) is 35.4 Å². The number of ether oxygens (including phenoxy) is 1. The van der Waals surface area contributed by atoms with Gasteiger partial charge in [0.05, 0.1) is 23.1 Å². The summed E-state index contributed by atoms with van der Waals surface area (Å²) in [7, 11) is -5.23. The zero-order valence-electron chi connectivity index (χ0n) is 29.6. The monoisotopic (exact) mass is 792 g/mol. The number of anilines is 1. The number of aryl methyl sites for hydroxylation is 2. The van der Waals surface area contributed by atoms with Crippen molar-refractivity contribution in [2.75, 3.05) is 5.32 Å². The molecule has 6 rings (SSSR count). The Kier molecular flexibility index (Phi) is 11.3. The standard InChI is InChI=1S/C38H33F4N6O7P/c1-23-29(18-30(24(2)44-23)35(49)43-21-27-17-28(13-14-31(27)39)54-38(40,41)42)32-15-16-34-45-33(22-48(34)47-32)46-36(50)37(55-56(51,52)53,19-25-9-5-3-6-10-25)20-26-11-7-4-8-12-26/h3-18,22H,19-21H2,1-2H3,(H,43,49)(H,46,50)(H2,51,52,53). The van der Waals surface area contributed by atoms with Crippen LogP contribution in [0.1, 0.15) is 38.4 Å². The molecule has 18 heteroatoms. The minimum atomic E-state index is -5.23. The number of carbonyl (C=O) groups excluding carboxylic acids is 2. The minimum Gasteiger partial charge on any atom is -0.406 e. The molecule has 0 radical (unpaired) electrons. The van der Waals surface area contributed by atoms with E-state index in [0.717, 1.165) is 18.2 Å². The van der Waals surface area contributed by atoms with Gasteiger partial charge in [0.25, 0.3) is 11.8 Å². The third-order valence-corrected chi connectivity index (χ3v) is 9.14. The van der Waals surface area contributed by atoms with E-state index in [2.05, 4.69) is 30.4 Å². The van der Waals surface area contributed by atoms with Crippen LogP contribution in [0.25, 0.3) is 16.9 Å². The molecule has 4 N–H and O–H groups in total. The van der Waals surface area contributed by atoms with Gasteiger partial charge in [-0.2, -0.15) is 5.10 Å². The highest BCUT2D eigenvalue weighted by Crippen LogP contribution is 2.44. The van der Waals surface area contributed by atoms with Crippen molar-refractivity contribution in [3.8, 4) is 17.0 Å². The number of rotatable bonds is 13. The van der Waals surface area contributed by atoms with Crippen LogP contribution < -0.4 is 15.4 Å². The highest BCUT2D eigenvalue weighted by Gasteiger charge is 2.45. The molecule has 0 saturated carbocycles. The van der Waals surface area contributed by atoms with Crippen molar-refractivity contribution in [3.05, 3.63) is 143 Å². The summed E-state index contributed by atoms with van der Waals surface area (Å²) < 4.78 is 75.3. The van der Waals surface area contributed by atoms with Gasteiger partial charge in [0.1, 0.15) is 11.6 Å². The van der Waals surface area contributed by atoms with E-state index >= 15 is 0 Å². The lowest BCUT2D eigenvalue weighted by atomic mass is 9.87. The molecule has 13 nitrogen and oxygen atoms in total. The fourth-order valence-electron chi connectivity index (χ4n) is 6.09.